The SMILES string of the molecule is O=C(O)CCCCCCNC(=O)c1ccc(Cl)nn1. The molecule has 0 aliphatic rings. The van der Waals surface area contributed by atoms with Crippen molar-refractivity contribution in [2.75, 3.05) is 6.54 Å². The number of nitrogens with one attached hydrogen (secondary N) is 1. The zero-order valence-corrected chi connectivity index (χ0v) is 11.2. The summed E-state index contributed by atoms with van der Waals surface area (Å²) in [7, 11) is 0. The molecule has 0 saturated heterocycles. The minimum Gasteiger partial charge on any atom is -0.481 e. The molecule has 1 rings (SSSR count). The summed E-state index contributed by atoms with van der Waals surface area (Å²) < 4.78 is 0. The van der Waals surface area contributed by atoms with Gasteiger partial charge in [0.1, 0.15) is 0 Å². The Balaban J connectivity index is 2.11. The molecule has 0 unspecified atom stereocenters. The summed E-state index contributed by atoms with van der Waals surface area (Å²) in [6.07, 6.45) is 3.42. The lowest BCUT2D eigenvalue weighted by atomic mass is 10.1. The predicted octanol–water partition coefficient (Wildman–Crippen LogP) is 1.89. The first kappa shape index (κ1) is 15.4. The summed E-state index contributed by atoms with van der Waals surface area (Å²) in [5.74, 6) is -1.05. The number of carbonyl (C=O) groups is 2. The fourth-order valence-corrected chi connectivity index (χ4v) is 1.59. The van der Waals surface area contributed by atoms with Crippen molar-refractivity contribution in [2.45, 2.75) is 32.1 Å². The molecule has 0 saturated carbocycles. The van der Waals surface area contributed by atoms with Gasteiger partial charge >= 0.3 is 5.97 Å². The fraction of sp³-hybridized carbons (Fsp3) is 0.500. The molecule has 1 amide bonds. The molecule has 0 fully saturated rings. The molecule has 1 aromatic heterocycles. The molecule has 1 aromatic rings. The van der Waals surface area contributed by atoms with Crippen molar-refractivity contribution in [1.82, 2.24) is 15.5 Å². The Morgan fingerprint density at radius 2 is 1.89 bits per heavy atom. The van der Waals surface area contributed by atoms with Crippen molar-refractivity contribution >= 4 is 23.5 Å². The van der Waals surface area contributed by atoms with Crippen molar-refractivity contribution in [3.63, 3.8) is 0 Å². The molecule has 0 aromatic carbocycles. The van der Waals surface area contributed by atoms with Crippen molar-refractivity contribution in [3.05, 3.63) is 23.0 Å². The van der Waals surface area contributed by atoms with Gasteiger partial charge in [-0.25, -0.2) is 0 Å². The van der Waals surface area contributed by atoms with Gasteiger partial charge in [0.2, 0.25) is 0 Å². The lowest BCUT2D eigenvalue weighted by Gasteiger charge is -2.04. The van der Waals surface area contributed by atoms with Crippen LogP contribution >= 0.6 is 11.6 Å². The maximum absolute atomic E-state index is 11.6. The molecule has 0 aliphatic heterocycles. The molecule has 2 N–H and O–H groups in total. The molecule has 0 aliphatic carbocycles. The molecule has 1 heterocycles. The van der Waals surface area contributed by atoms with Crippen molar-refractivity contribution in [2.24, 2.45) is 0 Å². The number of aliphatic carboxylic acids is 1. The fourth-order valence-electron chi connectivity index (χ4n) is 1.48. The highest BCUT2D eigenvalue weighted by Crippen LogP contribution is 2.03. The van der Waals surface area contributed by atoms with Crippen LogP contribution in [0.3, 0.4) is 0 Å². The first-order valence-corrected chi connectivity index (χ1v) is 6.46. The van der Waals surface area contributed by atoms with E-state index >= 15 is 0 Å². The Bertz CT molecular complexity index is 423. The number of aromatic nitrogens is 2. The number of halogens is 1. The molecule has 7 heteroatoms. The Morgan fingerprint density at radius 3 is 2.53 bits per heavy atom. The van der Waals surface area contributed by atoms with Crippen LogP contribution in [0, 0.1) is 0 Å². The standard InChI is InChI=1S/C12H16ClN3O3/c13-10-7-6-9(15-16-10)12(19)14-8-4-2-1-3-5-11(17)18/h6-7H,1-5,8H2,(H,14,19)(H,17,18). The van der Waals surface area contributed by atoms with Crippen LogP contribution in [0.2, 0.25) is 5.15 Å². The van der Waals surface area contributed by atoms with E-state index in [1.807, 2.05) is 0 Å². The lowest BCUT2D eigenvalue weighted by Crippen LogP contribution is -2.25. The number of carbonyl (C=O) groups excluding carboxylic acids is 1. The van der Waals surface area contributed by atoms with Crippen LogP contribution in [0.15, 0.2) is 12.1 Å². The van der Waals surface area contributed by atoms with E-state index in [9.17, 15) is 9.59 Å². The number of carboxylic acids is 1. The van der Waals surface area contributed by atoms with Gasteiger partial charge in [-0.05, 0) is 25.0 Å². The topological polar surface area (TPSA) is 92.2 Å². The molecular weight excluding hydrogens is 270 g/mol. The minimum atomic E-state index is -0.769. The summed E-state index contributed by atoms with van der Waals surface area (Å²) in [5, 5.41) is 18.7. The minimum absolute atomic E-state index is 0.201. The first-order chi connectivity index (χ1) is 9.09. The molecular formula is C12H16ClN3O3. The van der Waals surface area contributed by atoms with E-state index < -0.39 is 5.97 Å². The Hall–Kier alpha value is -1.69. The lowest BCUT2D eigenvalue weighted by molar-refractivity contribution is -0.137. The quantitative estimate of drug-likeness (QED) is 0.712. The van der Waals surface area contributed by atoms with Crippen LogP contribution in [-0.4, -0.2) is 33.7 Å². The molecule has 19 heavy (non-hydrogen) atoms. The van der Waals surface area contributed by atoms with Crippen molar-refractivity contribution in [1.29, 1.82) is 0 Å². The van der Waals surface area contributed by atoms with Gasteiger partial charge in [0.25, 0.3) is 5.91 Å². The molecule has 6 nitrogen and oxygen atoms in total. The van der Waals surface area contributed by atoms with Gasteiger partial charge in [0.05, 0.1) is 0 Å². The van der Waals surface area contributed by atoms with Gasteiger partial charge in [-0.3, -0.25) is 9.59 Å². The second-order valence-corrected chi connectivity index (χ2v) is 4.44. The van der Waals surface area contributed by atoms with Gasteiger partial charge in [-0.2, -0.15) is 0 Å². The number of nitrogens with zero attached hydrogens (tertiary/aromatic N) is 2. The number of carboxylic acid groups (broad SMARTS) is 1. The van der Waals surface area contributed by atoms with Gasteiger partial charge in [-0.15, -0.1) is 10.2 Å². The van der Waals surface area contributed by atoms with E-state index in [1.54, 1.807) is 0 Å². The molecule has 0 radical (unpaired) electrons. The predicted molar refractivity (Wildman–Crippen MR) is 70.1 cm³/mol. The van der Waals surface area contributed by atoms with E-state index in [1.165, 1.54) is 12.1 Å². The number of hydrogen-bond acceptors (Lipinski definition) is 4. The van der Waals surface area contributed by atoms with Crippen LogP contribution < -0.4 is 5.32 Å². The third kappa shape index (κ3) is 6.71. The van der Waals surface area contributed by atoms with Crippen LogP contribution in [0.1, 0.15) is 42.6 Å². The second kappa shape index (κ2) is 8.42. The Morgan fingerprint density at radius 1 is 1.16 bits per heavy atom. The van der Waals surface area contributed by atoms with Gasteiger partial charge in [-0.1, -0.05) is 24.4 Å². The number of hydrogen-bond donors (Lipinski definition) is 2. The zero-order chi connectivity index (χ0) is 14.1. The number of unbranched alkanes of at least 4 members (excludes halogenated alkanes) is 3. The van der Waals surface area contributed by atoms with Crippen LogP contribution in [-0.2, 0) is 4.79 Å². The van der Waals surface area contributed by atoms with Gasteiger partial charge in [0, 0.05) is 13.0 Å². The summed E-state index contributed by atoms with van der Waals surface area (Å²) in [6.45, 7) is 0.538. The van der Waals surface area contributed by atoms with Crippen LogP contribution in [0.4, 0.5) is 0 Å². The normalized spacial score (nSPS) is 10.2. The second-order valence-electron chi connectivity index (χ2n) is 4.06. The average molecular weight is 286 g/mol. The van der Waals surface area contributed by atoms with E-state index in [2.05, 4.69) is 15.5 Å². The molecule has 104 valence electrons. The van der Waals surface area contributed by atoms with E-state index in [0.29, 0.717) is 13.0 Å². The van der Waals surface area contributed by atoms with Crippen LogP contribution in [0.5, 0.6) is 0 Å². The van der Waals surface area contributed by atoms with E-state index in [0.717, 1.165) is 19.3 Å². The molecule has 0 atom stereocenters. The average Bonchev–Trinajstić information content (AvgIpc) is 2.38. The Labute approximate surface area is 116 Å². The highest BCUT2D eigenvalue weighted by molar-refractivity contribution is 6.29. The maximum atomic E-state index is 11.6. The smallest absolute Gasteiger partial charge is 0.303 e. The van der Waals surface area contributed by atoms with Crippen molar-refractivity contribution in [3.8, 4) is 0 Å². The van der Waals surface area contributed by atoms with Gasteiger partial charge in [0.15, 0.2) is 10.8 Å². The van der Waals surface area contributed by atoms with Crippen LogP contribution in [0.25, 0.3) is 0 Å². The monoisotopic (exact) mass is 285 g/mol. The summed E-state index contributed by atoms with van der Waals surface area (Å²) in [5.41, 5.74) is 0.232. The highest BCUT2D eigenvalue weighted by atomic mass is 35.5. The highest BCUT2D eigenvalue weighted by Gasteiger charge is 2.06. The largest absolute Gasteiger partial charge is 0.481 e. The zero-order valence-electron chi connectivity index (χ0n) is 10.4. The third-order valence-electron chi connectivity index (χ3n) is 2.47. The summed E-state index contributed by atoms with van der Waals surface area (Å²) >= 11 is 5.57. The number of rotatable bonds is 8. The summed E-state index contributed by atoms with van der Waals surface area (Å²) in [4.78, 5) is 21.9. The third-order valence-corrected chi connectivity index (χ3v) is 2.67. The Kier molecular flexibility index (Phi) is 6.81. The maximum Gasteiger partial charge on any atom is 0.303 e. The van der Waals surface area contributed by atoms with E-state index in [-0.39, 0.29) is 23.2 Å². The molecule has 0 spiro atoms. The summed E-state index contributed by atoms with van der Waals surface area (Å²) in [6, 6.07) is 3.02. The van der Waals surface area contributed by atoms with Crippen molar-refractivity contribution < 1.29 is 14.7 Å². The number of amides is 1. The first-order valence-electron chi connectivity index (χ1n) is 6.09. The van der Waals surface area contributed by atoms with E-state index in [4.69, 9.17) is 16.7 Å². The van der Waals surface area contributed by atoms with Gasteiger partial charge < -0.3 is 10.4 Å². The molecule has 0 bridgehead atoms.